The molecule has 1 saturated heterocycles. The zero-order chi connectivity index (χ0) is 14.5. The zero-order valence-corrected chi connectivity index (χ0v) is 19.0. The van der Waals surface area contributed by atoms with Crippen LogP contribution in [0.4, 0.5) is 0 Å². The molecule has 3 unspecified atom stereocenters. The van der Waals surface area contributed by atoms with Gasteiger partial charge in [-0.3, -0.25) is 0 Å². The van der Waals surface area contributed by atoms with Gasteiger partial charge >= 0.3 is 120 Å². The molecular weight excluding hydrogens is 311 g/mol. The topological polar surface area (TPSA) is 0 Å². The van der Waals surface area contributed by atoms with Crippen molar-refractivity contribution in [2.24, 2.45) is 5.92 Å². The second-order valence-electron chi connectivity index (χ2n) is 8.26. The molecule has 0 amide bonds. The first kappa shape index (κ1) is 18.2. The van der Waals surface area contributed by atoms with E-state index in [0.29, 0.717) is 14.9 Å². The molecule has 1 aliphatic heterocycles. The van der Waals surface area contributed by atoms with Gasteiger partial charge in [0, 0.05) is 0 Å². The Labute approximate surface area is 120 Å². The van der Waals surface area contributed by atoms with Crippen LogP contribution in [0.1, 0.15) is 13.8 Å². The van der Waals surface area contributed by atoms with E-state index in [0.717, 1.165) is 11.3 Å². The molecule has 5 heteroatoms. The van der Waals surface area contributed by atoms with Crippen molar-refractivity contribution >= 4 is 35.8 Å². The summed E-state index contributed by atoms with van der Waals surface area (Å²) in [5, 5.41) is 1.16. The molecule has 0 aromatic rings. The van der Waals surface area contributed by atoms with Crippen LogP contribution in [0.5, 0.6) is 0 Å². The van der Waals surface area contributed by atoms with Crippen molar-refractivity contribution in [3.8, 4) is 0 Å². The molecule has 0 N–H and O–H groups in total. The van der Waals surface area contributed by atoms with Crippen LogP contribution in [-0.2, 0) is 0 Å². The summed E-state index contributed by atoms with van der Waals surface area (Å²) in [5.74, 6) is 2.62. The van der Waals surface area contributed by atoms with Gasteiger partial charge in [0.15, 0.2) is 0 Å². The molecule has 0 saturated carbocycles. The molecule has 1 fully saturated rings. The fourth-order valence-corrected chi connectivity index (χ4v) is 74.6. The van der Waals surface area contributed by atoms with E-state index < -0.39 is 20.9 Å². The minimum atomic E-state index is -1.04. The van der Waals surface area contributed by atoms with Crippen LogP contribution in [0.15, 0.2) is 0 Å². The maximum absolute atomic E-state index is 2.77. The third-order valence-corrected chi connectivity index (χ3v) is 57.8. The van der Waals surface area contributed by atoms with Crippen molar-refractivity contribution in [3.63, 3.8) is 0 Å². The minimum absolute atomic E-state index is 0.345. The van der Waals surface area contributed by atoms with Gasteiger partial charge in [-0.1, -0.05) is 0 Å². The molecule has 1 heterocycles. The van der Waals surface area contributed by atoms with E-state index in [1.54, 1.807) is 5.90 Å². The molecule has 18 heavy (non-hydrogen) atoms. The van der Waals surface area contributed by atoms with Gasteiger partial charge in [0.05, 0.1) is 0 Å². The fraction of sp³-hybridized carbons (Fsp3) is 1.00. The van der Waals surface area contributed by atoms with Crippen LogP contribution >= 0.6 is 35.8 Å². The molecule has 1 rings (SSSR count). The Kier molecular flexibility index (Phi) is 5.80. The second kappa shape index (κ2) is 5.74. The van der Waals surface area contributed by atoms with Crippen LogP contribution in [0.25, 0.3) is 0 Å². The van der Waals surface area contributed by atoms with Gasteiger partial charge < -0.3 is 0 Å². The van der Waals surface area contributed by atoms with E-state index >= 15 is 0 Å². The molecule has 1 aliphatic rings. The first-order valence-corrected chi connectivity index (χ1v) is 23.0. The molecule has 0 nitrogen and oxygen atoms in total. The van der Waals surface area contributed by atoms with E-state index in [9.17, 15) is 0 Å². The zero-order valence-electron chi connectivity index (χ0n) is 14.3. The Morgan fingerprint density at radius 3 is 1.72 bits per heavy atom. The van der Waals surface area contributed by atoms with Crippen molar-refractivity contribution in [2.75, 3.05) is 59.2 Å². The van der Waals surface area contributed by atoms with Gasteiger partial charge in [-0.2, -0.15) is 0 Å². The van der Waals surface area contributed by atoms with Crippen molar-refractivity contribution in [3.05, 3.63) is 0 Å². The van der Waals surface area contributed by atoms with Crippen LogP contribution in [-0.4, -0.2) is 64.6 Å². The van der Waals surface area contributed by atoms with Crippen molar-refractivity contribution in [2.45, 2.75) is 19.2 Å². The van der Waals surface area contributed by atoms with Crippen LogP contribution in [0.2, 0.25) is 0 Å². The van der Waals surface area contributed by atoms with E-state index in [-0.39, 0.29) is 0 Å². The monoisotopic (exact) mass is 348 g/mol. The molecule has 0 radical (unpaired) electrons. The number of hydrogen-bond donors (Lipinski definition) is 0. The van der Waals surface area contributed by atoms with Crippen LogP contribution < -0.4 is 0 Å². The predicted molar refractivity (Wildman–Crippen MR) is 110 cm³/mol. The van der Waals surface area contributed by atoms with Crippen molar-refractivity contribution < 1.29 is 0 Å². The summed E-state index contributed by atoms with van der Waals surface area (Å²) in [6.45, 7) is 23.9. The SMILES string of the molecule is CC(C)C1[PH](C)(C)P(C)C[PH](C)(C)P(C)[PH]1(C)C. The molecule has 114 valence electrons. The standard InChI is InChI=1S/C13H37P5/c1-12(2)13-17(7,8)14(3)11-16(5,6)15(4)18(13,9)10/h12-13,16-18H,11H2,1-10H3. The van der Waals surface area contributed by atoms with Crippen molar-refractivity contribution in [1.29, 1.82) is 0 Å². The normalized spacial score (nSPS) is 43.8. The average molecular weight is 348 g/mol. The Morgan fingerprint density at radius 2 is 1.33 bits per heavy atom. The molecule has 0 aliphatic carbocycles. The Hall–Kier alpha value is 2.15. The average Bonchev–Trinajstić information content (AvgIpc) is 2.15. The first-order chi connectivity index (χ1) is 7.85. The molecule has 0 bridgehead atoms. The maximum atomic E-state index is 2.77. The second-order valence-corrected chi connectivity index (χ2v) is 42.3. The van der Waals surface area contributed by atoms with Crippen LogP contribution in [0, 0.1) is 5.92 Å². The molecule has 0 aromatic heterocycles. The molecule has 3 atom stereocenters. The molecular formula is C13H37P5. The summed E-state index contributed by atoms with van der Waals surface area (Å²) in [6, 6.07) is 0. The van der Waals surface area contributed by atoms with E-state index in [4.69, 9.17) is 0 Å². The summed E-state index contributed by atoms with van der Waals surface area (Å²) in [6.07, 6.45) is 0. The van der Waals surface area contributed by atoms with Gasteiger partial charge in [-0.25, -0.2) is 0 Å². The number of rotatable bonds is 1. The summed E-state index contributed by atoms with van der Waals surface area (Å²) in [4.78, 5) is 0. The summed E-state index contributed by atoms with van der Waals surface area (Å²) in [7, 11) is 0.712. The van der Waals surface area contributed by atoms with Gasteiger partial charge in [-0.05, 0) is 0 Å². The quantitative estimate of drug-likeness (QED) is 0.515. The molecule has 0 aromatic carbocycles. The van der Waals surface area contributed by atoms with Crippen molar-refractivity contribution in [1.82, 2.24) is 0 Å². The Bertz CT molecular complexity index is 309. The molecule has 0 spiro atoms. The van der Waals surface area contributed by atoms with Gasteiger partial charge in [-0.15, -0.1) is 0 Å². The van der Waals surface area contributed by atoms with E-state index in [1.165, 1.54) is 0 Å². The Morgan fingerprint density at radius 1 is 0.889 bits per heavy atom. The summed E-state index contributed by atoms with van der Waals surface area (Å²) in [5.41, 5.74) is 0. The predicted octanol–water partition coefficient (Wildman–Crippen LogP) is 5.94. The third kappa shape index (κ3) is 3.15. The van der Waals surface area contributed by atoms with E-state index in [2.05, 4.69) is 67.2 Å². The summed E-state index contributed by atoms with van der Waals surface area (Å²) >= 11 is 0. The number of hydrogen-bond acceptors (Lipinski definition) is 0. The van der Waals surface area contributed by atoms with Crippen LogP contribution in [0.3, 0.4) is 0 Å². The third-order valence-electron chi connectivity index (χ3n) is 5.57. The van der Waals surface area contributed by atoms with Gasteiger partial charge in [0.25, 0.3) is 0 Å². The van der Waals surface area contributed by atoms with Gasteiger partial charge in [0.2, 0.25) is 0 Å². The fourth-order valence-electron chi connectivity index (χ4n) is 4.61. The van der Waals surface area contributed by atoms with E-state index in [1.807, 2.05) is 0 Å². The first-order valence-electron chi connectivity index (χ1n) is 7.30. The summed E-state index contributed by atoms with van der Waals surface area (Å²) < 4.78 is 0. The Balaban J connectivity index is 3.37. The van der Waals surface area contributed by atoms with Gasteiger partial charge in [0.1, 0.15) is 0 Å².